The van der Waals surface area contributed by atoms with Crippen LogP contribution in [0.5, 0.6) is 5.75 Å². The first kappa shape index (κ1) is 22.5. The van der Waals surface area contributed by atoms with Gasteiger partial charge in [-0.2, -0.15) is 0 Å². The molecule has 0 saturated carbocycles. The van der Waals surface area contributed by atoms with Gasteiger partial charge in [-0.05, 0) is 62.2 Å². The van der Waals surface area contributed by atoms with Crippen molar-refractivity contribution in [3.05, 3.63) is 100 Å². The van der Waals surface area contributed by atoms with Gasteiger partial charge in [0.05, 0.1) is 18.7 Å². The first-order valence-electron chi connectivity index (χ1n) is 11.4. The van der Waals surface area contributed by atoms with Gasteiger partial charge in [0.2, 0.25) is 0 Å². The third-order valence-electron chi connectivity index (χ3n) is 6.67. The highest BCUT2D eigenvalue weighted by atomic mass is 16.5. The Morgan fingerprint density at radius 3 is 2.40 bits per heavy atom. The van der Waals surface area contributed by atoms with E-state index in [4.69, 9.17) is 4.74 Å². The first-order chi connectivity index (χ1) is 16.8. The molecule has 1 fully saturated rings. The number of hydrogen-bond acceptors (Lipinski definition) is 4. The summed E-state index contributed by atoms with van der Waals surface area (Å²) in [5.74, 6) is -0.899. The molecule has 5 rings (SSSR count). The average molecular weight is 467 g/mol. The zero-order valence-electron chi connectivity index (χ0n) is 20.0. The number of anilines is 1. The van der Waals surface area contributed by atoms with Crippen molar-refractivity contribution < 1.29 is 19.4 Å². The van der Waals surface area contributed by atoms with Crippen LogP contribution in [0.3, 0.4) is 0 Å². The number of nitrogens with zero attached hydrogens (tertiary/aromatic N) is 1. The Morgan fingerprint density at radius 2 is 1.69 bits per heavy atom. The molecule has 0 spiro atoms. The summed E-state index contributed by atoms with van der Waals surface area (Å²) in [5, 5.41) is 12.4. The van der Waals surface area contributed by atoms with E-state index in [9.17, 15) is 14.7 Å². The highest BCUT2D eigenvalue weighted by molar-refractivity contribution is 6.52. The van der Waals surface area contributed by atoms with Crippen molar-refractivity contribution in [1.29, 1.82) is 0 Å². The van der Waals surface area contributed by atoms with Gasteiger partial charge in [0, 0.05) is 33.9 Å². The van der Waals surface area contributed by atoms with E-state index >= 15 is 0 Å². The van der Waals surface area contributed by atoms with Crippen molar-refractivity contribution in [1.82, 2.24) is 4.98 Å². The van der Waals surface area contributed by atoms with Crippen LogP contribution in [0.1, 0.15) is 33.9 Å². The third kappa shape index (κ3) is 3.58. The van der Waals surface area contributed by atoms with E-state index in [1.807, 2.05) is 81.6 Å². The Labute approximate surface area is 203 Å². The fourth-order valence-electron chi connectivity index (χ4n) is 4.83. The lowest BCUT2D eigenvalue weighted by molar-refractivity contribution is -0.132. The highest BCUT2D eigenvalue weighted by Gasteiger charge is 2.47. The molecular formula is C29H26N2O4. The molecule has 0 radical (unpaired) electrons. The van der Waals surface area contributed by atoms with Crippen molar-refractivity contribution in [3.63, 3.8) is 0 Å². The summed E-state index contributed by atoms with van der Waals surface area (Å²) in [6.45, 7) is 5.68. The van der Waals surface area contributed by atoms with Gasteiger partial charge >= 0.3 is 0 Å². The molecule has 176 valence electrons. The van der Waals surface area contributed by atoms with Crippen LogP contribution in [0.15, 0.2) is 72.4 Å². The fraction of sp³-hybridized carbons (Fsp3) is 0.172. The molecule has 1 aromatic heterocycles. The molecule has 1 amide bonds. The van der Waals surface area contributed by atoms with E-state index in [0.717, 1.165) is 33.2 Å². The van der Waals surface area contributed by atoms with Crippen molar-refractivity contribution in [3.8, 4) is 5.75 Å². The smallest absolute Gasteiger partial charge is 0.300 e. The number of aliphatic hydroxyl groups excluding tert-OH is 1. The van der Waals surface area contributed by atoms with Crippen LogP contribution in [0.2, 0.25) is 0 Å². The van der Waals surface area contributed by atoms with Crippen molar-refractivity contribution >= 4 is 34.0 Å². The quantitative estimate of drug-likeness (QED) is 0.229. The minimum Gasteiger partial charge on any atom is -0.507 e. The molecule has 0 aliphatic carbocycles. The average Bonchev–Trinajstić information content (AvgIpc) is 3.39. The Hall–Kier alpha value is -4.32. The number of carbonyl (C=O) groups excluding carboxylic acids is 2. The summed E-state index contributed by atoms with van der Waals surface area (Å²) in [6.07, 6.45) is 1.81. The van der Waals surface area contributed by atoms with Crippen molar-refractivity contribution in [2.75, 3.05) is 12.0 Å². The standard InChI is InChI=1S/C29H26N2O4/c1-16-9-11-19(12-10-16)31-26(22-15-30-23-8-6-5-7-20(22)23)25(28(33)29(31)34)27(32)21-13-18(3)24(35-4)14-17(21)2/h5-15,26,30,32H,1-4H3/b27-25+. The van der Waals surface area contributed by atoms with E-state index in [2.05, 4.69) is 4.98 Å². The molecule has 3 aromatic carbocycles. The van der Waals surface area contributed by atoms with Gasteiger partial charge in [0.1, 0.15) is 11.5 Å². The first-order valence-corrected chi connectivity index (χ1v) is 11.4. The number of rotatable bonds is 4. The monoisotopic (exact) mass is 466 g/mol. The molecule has 0 bridgehead atoms. The number of amides is 1. The van der Waals surface area contributed by atoms with Gasteiger partial charge in [-0.3, -0.25) is 14.5 Å². The van der Waals surface area contributed by atoms with E-state index < -0.39 is 17.7 Å². The lowest BCUT2D eigenvalue weighted by Crippen LogP contribution is -2.29. The Kier molecular flexibility index (Phi) is 5.44. The Morgan fingerprint density at radius 1 is 0.971 bits per heavy atom. The molecule has 1 atom stereocenters. The van der Waals surface area contributed by atoms with Crippen LogP contribution < -0.4 is 9.64 Å². The number of ketones is 1. The molecular weight excluding hydrogens is 440 g/mol. The van der Waals surface area contributed by atoms with Gasteiger partial charge < -0.3 is 14.8 Å². The number of carbonyl (C=O) groups is 2. The number of hydrogen-bond donors (Lipinski definition) is 2. The maximum atomic E-state index is 13.5. The van der Waals surface area contributed by atoms with Gasteiger partial charge in [0.15, 0.2) is 0 Å². The van der Waals surface area contributed by atoms with Gasteiger partial charge in [-0.25, -0.2) is 0 Å². The molecule has 2 heterocycles. The maximum Gasteiger partial charge on any atom is 0.300 e. The predicted octanol–water partition coefficient (Wildman–Crippen LogP) is 5.73. The summed E-state index contributed by atoms with van der Waals surface area (Å²) < 4.78 is 5.41. The Bertz CT molecular complexity index is 1510. The lowest BCUT2D eigenvalue weighted by atomic mass is 9.92. The largest absolute Gasteiger partial charge is 0.507 e. The number of H-pyrrole nitrogens is 1. The summed E-state index contributed by atoms with van der Waals surface area (Å²) in [7, 11) is 1.59. The number of para-hydroxylation sites is 1. The number of benzene rings is 3. The van der Waals surface area contributed by atoms with Gasteiger partial charge in [-0.1, -0.05) is 35.9 Å². The molecule has 35 heavy (non-hydrogen) atoms. The molecule has 1 unspecified atom stereocenters. The summed E-state index contributed by atoms with van der Waals surface area (Å²) in [5.41, 5.74) is 5.37. The molecule has 1 saturated heterocycles. The number of fused-ring (bicyclic) bond motifs is 1. The van der Waals surface area contributed by atoms with E-state index in [0.29, 0.717) is 17.0 Å². The molecule has 2 N–H and O–H groups in total. The van der Waals surface area contributed by atoms with E-state index in [1.165, 1.54) is 4.90 Å². The number of nitrogens with one attached hydrogen (secondary N) is 1. The minimum atomic E-state index is -0.796. The molecule has 1 aliphatic heterocycles. The predicted molar refractivity (Wildman–Crippen MR) is 137 cm³/mol. The number of aromatic amines is 1. The zero-order valence-corrected chi connectivity index (χ0v) is 20.0. The summed E-state index contributed by atoms with van der Waals surface area (Å²) >= 11 is 0. The summed E-state index contributed by atoms with van der Waals surface area (Å²) in [6, 6.07) is 18.0. The zero-order chi connectivity index (χ0) is 24.9. The number of ether oxygens (including phenoxy) is 1. The van der Waals surface area contributed by atoms with E-state index in [1.54, 1.807) is 13.2 Å². The minimum absolute atomic E-state index is 0.0630. The van der Waals surface area contributed by atoms with Crippen molar-refractivity contribution in [2.24, 2.45) is 0 Å². The second kappa shape index (κ2) is 8.47. The number of Topliss-reactive ketones (excluding diaryl/α,β-unsaturated/α-hetero) is 1. The molecule has 6 nitrogen and oxygen atoms in total. The number of aryl methyl sites for hydroxylation is 3. The van der Waals surface area contributed by atoms with Crippen LogP contribution in [0.25, 0.3) is 16.7 Å². The normalized spacial score (nSPS) is 17.4. The third-order valence-corrected chi connectivity index (χ3v) is 6.67. The van der Waals surface area contributed by atoms with Crippen LogP contribution in [0.4, 0.5) is 5.69 Å². The SMILES string of the molecule is COc1cc(C)c(/C(O)=C2\C(=O)C(=O)N(c3ccc(C)cc3)C2c2c[nH]c3ccccc23)cc1C. The number of aliphatic hydroxyl groups is 1. The van der Waals surface area contributed by atoms with Gasteiger partial charge in [0.25, 0.3) is 11.7 Å². The van der Waals surface area contributed by atoms with Crippen molar-refractivity contribution in [2.45, 2.75) is 26.8 Å². The molecule has 6 heteroatoms. The summed E-state index contributed by atoms with van der Waals surface area (Å²) in [4.78, 5) is 31.6. The second-order valence-electron chi connectivity index (χ2n) is 8.93. The van der Waals surface area contributed by atoms with Crippen LogP contribution in [0, 0.1) is 20.8 Å². The molecule has 4 aromatic rings. The molecule has 1 aliphatic rings. The van der Waals surface area contributed by atoms with Crippen LogP contribution >= 0.6 is 0 Å². The highest BCUT2D eigenvalue weighted by Crippen LogP contribution is 2.44. The topological polar surface area (TPSA) is 82.6 Å². The number of methoxy groups -OCH3 is 1. The lowest BCUT2D eigenvalue weighted by Gasteiger charge is -2.25. The maximum absolute atomic E-state index is 13.5. The van der Waals surface area contributed by atoms with Crippen LogP contribution in [-0.4, -0.2) is 28.9 Å². The fourth-order valence-corrected chi connectivity index (χ4v) is 4.83. The Balaban J connectivity index is 1.79. The second-order valence-corrected chi connectivity index (χ2v) is 8.93. The van der Waals surface area contributed by atoms with Gasteiger partial charge in [-0.15, -0.1) is 0 Å². The van der Waals surface area contributed by atoms with Crippen LogP contribution in [-0.2, 0) is 9.59 Å². The number of aromatic nitrogens is 1. The van der Waals surface area contributed by atoms with E-state index in [-0.39, 0.29) is 11.3 Å².